The Kier molecular flexibility index (Phi) is 2.10. The highest BCUT2D eigenvalue weighted by Crippen LogP contribution is 2.15. The van der Waals surface area contributed by atoms with Gasteiger partial charge in [-0.3, -0.25) is 4.79 Å². The normalized spacial score (nSPS) is 33.1. The van der Waals surface area contributed by atoms with Crippen LogP contribution < -0.4 is 5.32 Å². The van der Waals surface area contributed by atoms with Crippen LogP contribution in [0.15, 0.2) is 12.7 Å². The summed E-state index contributed by atoms with van der Waals surface area (Å²) in [5.74, 6) is 0.185. The molecule has 10 heavy (non-hydrogen) atoms. The quantitative estimate of drug-likeness (QED) is 0.541. The van der Waals surface area contributed by atoms with Crippen molar-refractivity contribution in [3.63, 3.8) is 0 Å². The number of nitrogens with one attached hydrogen (secondary N) is 1. The van der Waals surface area contributed by atoms with Crippen molar-refractivity contribution in [2.24, 2.45) is 5.92 Å². The highest BCUT2D eigenvalue weighted by molar-refractivity contribution is 5.81. The molecule has 1 aliphatic rings. The Balaban J connectivity index is 2.51. The zero-order valence-electron chi connectivity index (χ0n) is 6.26. The molecule has 1 saturated heterocycles. The topological polar surface area (TPSA) is 29.1 Å². The van der Waals surface area contributed by atoms with Gasteiger partial charge in [0.05, 0.1) is 5.92 Å². The lowest BCUT2D eigenvalue weighted by Gasteiger charge is -2.24. The summed E-state index contributed by atoms with van der Waals surface area (Å²) in [5, 5.41) is 2.87. The molecule has 0 aromatic heterocycles. The summed E-state index contributed by atoms with van der Waals surface area (Å²) in [6.07, 6.45) is 3.75. The van der Waals surface area contributed by atoms with Gasteiger partial charge in [-0.25, -0.2) is 0 Å². The molecule has 2 atom stereocenters. The standard InChI is InChI=1S/C8H13NO/c1-3-7-5-4-6(2)9-8(7)10/h3,6-7H,1,4-5H2,2H3,(H,9,10). The minimum absolute atomic E-state index is 0.0520. The Morgan fingerprint density at radius 2 is 2.40 bits per heavy atom. The predicted octanol–water partition coefficient (Wildman–Crippen LogP) is 1.09. The molecule has 0 aliphatic carbocycles. The average Bonchev–Trinajstić information content (AvgIpc) is 1.88. The zero-order valence-corrected chi connectivity index (χ0v) is 6.26. The molecule has 0 aromatic rings. The van der Waals surface area contributed by atoms with E-state index in [0.717, 1.165) is 12.8 Å². The summed E-state index contributed by atoms with van der Waals surface area (Å²) in [5.41, 5.74) is 0. The average molecular weight is 139 g/mol. The highest BCUT2D eigenvalue weighted by Gasteiger charge is 2.22. The molecular weight excluding hydrogens is 126 g/mol. The Labute approximate surface area is 61.3 Å². The van der Waals surface area contributed by atoms with Gasteiger partial charge in [0, 0.05) is 6.04 Å². The van der Waals surface area contributed by atoms with E-state index < -0.39 is 0 Å². The summed E-state index contributed by atoms with van der Waals surface area (Å²) in [6.45, 7) is 5.62. The first kappa shape index (κ1) is 7.32. The van der Waals surface area contributed by atoms with E-state index in [1.807, 2.05) is 6.92 Å². The van der Waals surface area contributed by atoms with E-state index in [1.165, 1.54) is 0 Å². The third-order valence-corrected chi connectivity index (χ3v) is 1.92. The van der Waals surface area contributed by atoms with Gasteiger partial charge in [-0.15, -0.1) is 6.58 Å². The monoisotopic (exact) mass is 139 g/mol. The van der Waals surface area contributed by atoms with Crippen molar-refractivity contribution < 1.29 is 4.79 Å². The van der Waals surface area contributed by atoms with Gasteiger partial charge in [0.2, 0.25) is 5.91 Å². The fourth-order valence-electron chi connectivity index (χ4n) is 1.21. The fraction of sp³-hybridized carbons (Fsp3) is 0.625. The third-order valence-electron chi connectivity index (χ3n) is 1.92. The van der Waals surface area contributed by atoms with Crippen molar-refractivity contribution in [1.82, 2.24) is 5.32 Å². The molecular formula is C8H13NO. The largest absolute Gasteiger partial charge is 0.353 e. The lowest BCUT2D eigenvalue weighted by atomic mass is 9.95. The number of amides is 1. The predicted molar refractivity (Wildman–Crippen MR) is 40.5 cm³/mol. The molecule has 1 amide bonds. The van der Waals surface area contributed by atoms with Crippen LogP contribution in [0.25, 0.3) is 0 Å². The van der Waals surface area contributed by atoms with Gasteiger partial charge in [0.15, 0.2) is 0 Å². The molecule has 2 unspecified atom stereocenters. The fourth-order valence-corrected chi connectivity index (χ4v) is 1.21. The van der Waals surface area contributed by atoms with E-state index in [-0.39, 0.29) is 11.8 Å². The second kappa shape index (κ2) is 2.86. The van der Waals surface area contributed by atoms with Crippen molar-refractivity contribution >= 4 is 5.91 Å². The van der Waals surface area contributed by atoms with Crippen molar-refractivity contribution in [3.05, 3.63) is 12.7 Å². The molecule has 0 spiro atoms. The molecule has 1 N–H and O–H groups in total. The minimum Gasteiger partial charge on any atom is -0.353 e. The molecule has 0 saturated carbocycles. The molecule has 0 aromatic carbocycles. The highest BCUT2D eigenvalue weighted by atomic mass is 16.2. The van der Waals surface area contributed by atoms with Crippen molar-refractivity contribution in [3.8, 4) is 0 Å². The van der Waals surface area contributed by atoms with Crippen LogP contribution in [0.4, 0.5) is 0 Å². The van der Waals surface area contributed by atoms with Crippen LogP contribution in [-0.2, 0) is 4.79 Å². The maximum Gasteiger partial charge on any atom is 0.227 e. The molecule has 1 heterocycles. The van der Waals surface area contributed by atoms with E-state index >= 15 is 0 Å². The van der Waals surface area contributed by atoms with Gasteiger partial charge in [0.1, 0.15) is 0 Å². The van der Waals surface area contributed by atoms with Gasteiger partial charge in [-0.2, -0.15) is 0 Å². The number of hydrogen-bond acceptors (Lipinski definition) is 1. The van der Waals surface area contributed by atoms with E-state index in [2.05, 4.69) is 11.9 Å². The zero-order chi connectivity index (χ0) is 7.56. The van der Waals surface area contributed by atoms with Gasteiger partial charge in [-0.05, 0) is 19.8 Å². The van der Waals surface area contributed by atoms with Gasteiger partial charge in [-0.1, -0.05) is 6.08 Å². The Morgan fingerprint density at radius 3 is 2.90 bits per heavy atom. The van der Waals surface area contributed by atoms with Gasteiger partial charge >= 0.3 is 0 Å². The number of carbonyl (C=O) groups is 1. The van der Waals surface area contributed by atoms with Gasteiger partial charge < -0.3 is 5.32 Å². The van der Waals surface area contributed by atoms with Crippen LogP contribution in [0.5, 0.6) is 0 Å². The number of carbonyl (C=O) groups excluding carboxylic acids is 1. The lowest BCUT2D eigenvalue weighted by molar-refractivity contribution is -0.125. The first-order chi connectivity index (χ1) is 4.74. The second-order valence-electron chi connectivity index (χ2n) is 2.83. The molecule has 1 fully saturated rings. The Hall–Kier alpha value is -0.790. The third kappa shape index (κ3) is 1.38. The van der Waals surface area contributed by atoms with Crippen LogP contribution in [-0.4, -0.2) is 11.9 Å². The molecule has 0 bridgehead atoms. The molecule has 2 heteroatoms. The van der Waals surface area contributed by atoms with Crippen LogP contribution in [0, 0.1) is 5.92 Å². The molecule has 2 nitrogen and oxygen atoms in total. The van der Waals surface area contributed by atoms with Crippen LogP contribution in [0.2, 0.25) is 0 Å². The number of hydrogen-bond donors (Lipinski definition) is 1. The summed E-state index contributed by atoms with van der Waals surface area (Å²) < 4.78 is 0. The number of piperidine rings is 1. The lowest BCUT2D eigenvalue weighted by Crippen LogP contribution is -2.41. The smallest absolute Gasteiger partial charge is 0.227 e. The van der Waals surface area contributed by atoms with E-state index in [4.69, 9.17) is 0 Å². The Morgan fingerprint density at radius 1 is 1.70 bits per heavy atom. The number of rotatable bonds is 1. The first-order valence-electron chi connectivity index (χ1n) is 3.67. The molecule has 1 rings (SSSR count). The van der Waals surface area contributed by atoms with E-state index in [1.54, 1.807) is 6.08 Å². The van der Waals surface area contributed by atoms with Gasteiger partial charge in [0.25, 0.3) is 0 Å². The SMILES string of the molecule is C=CC1CCC(C)NC1=O. The summed E-state index contributed by atoms with van der Waals surface area (Å²) >= 11 is 0. The second-order valence-corrected chi connectivity index (χ2v) is 2.83. The van der Waals surface area contributed by atoms with Crippen molar-refractivity contribution in [2.45, 2.75) is 25.8 Å². The summed E-state index contributed by atoms with van der Waals surface area (Å²) in [7, 11) is 0. The molecule has 1 aliphatic heterocycles. The van der Waals surface area contributed by atoms with E-state index in [0.29, 0.717) is 6.04 Å². The van der Waals surface area contributed by atoms with Crippen LogP contribution in [0.1, 0.15) is 19.8 Å². The Bertz CT molecular complexity index is 153. The maximum absolute atomic E-state index is 11.1. The summed E-state index contributed by atoms with van der Waals surface area (Å²) in [6, 6.07) is 0.351. The van der Waals surface area contributed by atoms with Crippen molar-refractivity contribution in [2.75, 3.05) is 0 Å². The van der Waals surface area contributed by atoms with E-state index in [9.17, 15) is 4.79 Å². The minimum atomic E-state index is 0.0520. The molecule has 56 valence electrons. The summed E-state index contributed by atoms with van der Waals surface area (Å²) in [4.78, 5) is 11.1. The van der Waals surface area contributed by atoms with Crippen LogP contribution in [0.3, 0.4) is 0 Å². The first-order valence-corrected chi connectivity index (χ1v) is 3.67. The van der Waals surface area contributed by atoms with Crippen molar-refractivity contribution in [1.29, 1.82) is 0 Å². The maximum atomic E-state index is 11.1. The van der Waals surface area contributed by atoms with Crippen LogP contribution >= 0.6 is 0 Å². The molecule has 0 radical (unpaired) electrons.